The van der Waals surface area contributed by atoms with Crippen molar-refractivity contribution in [3.63, 3.8) is 0 Å². The monoisotopic (exact) mass is 226 g/mol. The summed E-state index contributed by atoms with van der Waals surface area (Å²) in [6.07, 6.45) is 3.63. The molecule has 0 bridgehead atoms. The van der Waals surface area contributed by atoms with Crippen molar-refractivity contribution in [3.8, 4) is 5.75 Å². The van der Waals surface area contributed by atoms with Crippen molar-refractivity contribution >= 4 is 5.97 Å². The molecule has 0 amide bonds. The molecular weight excluding hydrogens is 214 g/mol. The quantitative estimate of drug-likeness (QED) is 0.572. The molecule has 0 aliphatic heterocycles. The Kier molecular flexibility index (Phi) is 3.17. The van der Waals surface area contributed by atoms with Crippen molar-refractivity contribution in [2.75, 3.05) is 0 Å². The lowest BCUT2D eigenvalue weighted by Gasteiger charge is -2.09. The van der Waals surface area contributed by atoms with Gasteiger partial charge in [-0.15, -0.1) is 0 Å². The summed E-state index contributed by atoms with van der Waals surface area (Å²) in [5.74, 6) is -2.05. The average molecular weight is 226 g/mol. The maximum absolute atomic E-state index is 12.8. The van der Waals surface area contributed by atoms with E-state index in [1.165, 1.54) is 0 Å². The molecule has 1 aromatic carbocycles. The van der Waals surface area contributed by atoms with Crippen LogP contribution in [-0.4, -0.2) is 5.97 Å². The Morgan fingerprint density at radius 1 is 1.12 bits per heavy atom. The molecule has 0 saturated heterocycles. The Morgan fingerprint density at radius 2 is 1.69 bits per heavy atom. The Labute approximate surface area is 92.2 Å². The number of hydrogen-bond donors (Lipinski definition) is 0. The second kappa shape index (κ2) is 4.60. The van der Waals surface area contributed by atoms with Crippen molar-refractivity contribution in [3.05, 3.63) is 29.8 Å². The summed E-state index contributed by atoms with van der Waals surface area (Å²) in [7, 11) is 0. The third kappa shape index (κ3) is 2.56. The lowest BCUT2D eigenvalue weighted by Crippen LogP contribution is -2.17. The van der Waals surface area contributed by atoms with E-state index in [4.69, 9.17) is 4.74 Å². The van der Waals surface area contributed by atoms with Crippen LogP contribution in [0, 0.1) is 17.6 Å². The van der Waals surface area contributed by atoms with Gasteiger partial charge in [-0.2, -0.15) is 0 Å². The number of ether oxygens (including phenoxy) is 1. The molecule has 86 valence electrons. The summed E-state index contributed by atoms with van der Waals surface area (Å²) in [4.78, 5) is 11.6. The van der Waals surface area contributed by atoms with Crippen molar-refractivity contribution < 1.29 is 18.3 Å². The number of benzene rings is 1. The highest BCUT2D eigenvalue weighted by Gasteiger charge is 2.24. The van der Waals surface area contributed by atoms with Crippen molar-refractivity contribution in [1.82, 2.24) is 0 Å². The molecule has 1 aliphatic carbocycles. The van der Waals surface area contributed by atoms with Crippen LogP contribution >= 0.6 is 0 Å². The van der Waals surface area contributed by atoms with Crippen LogP contribution < -0.4 is 4.74 Å². The normalized spacial score (nSPS) is 16.4. The fourth-order valence-electron chi connectivity index (χ4n) is 1.95. The minimum absolute atomic E-state index is 0.0607. The molecule has 4 heteroatoms. The van der Waals surface area contributed by atoms with Crippen LogP contribution in [-0.2, 0) is 4.79 Å². The molecule has 0 radical (unpaired) electrons. The molecule has 0 N–H and O–H groups in total. The highest BCUT2D eigenvalue weighted by Crippen LogP contribution is 2.27. The molecule has 2 nitrogen and oxygen atoms in total. The molecule has 1 saturated carbocycles. The Bertz CT molecular complexity index is 378. The van der Waals surface area contributed by atoms with E-state index in [1.54, 1.807) is 0 Å². The van der Waals surface area contributed by atoms with Gasteiger partial charge in [0, 0.05) is 18.2 Å². The summed E-state index contributed by atoms with van der Waals surface area (Å²) in [5, 5.41) is 0. The number of halogens is 2. The van der Waals surface area contributed by atoms with Crippen molar-refractivity contribution in [2.45, 2.75) is 25.7 Å². The number of carbonyl (C=O) groups excluding carboxylic acids is 1. The van der Waals surface area contributed by atoms with Gasteiger partial charge in [0.1, 0.15) is 17.4 Å². The summed E-state index contributed by atoms with van der Waals surface area (Å²) in [6, 6.07) is 2.76. The zero-order valence-corrected chi connectivity index (χ0v) is 8.71. The van der Waals surface area contributed by atoms with E-state index in [9.17, 15) is 13.6 Å². The highest BCUT2D eigenvalue weighted by molar-refractivity contribution is 5.75. The lowest BCUT2D eigenvalue weighted by molar-refractivity contribution is -0.138. The zero-order valence-electron chi connectivity index (χ0n) is 8.71. The maximum atomic E-state index is 12.8. The van der Waals surface area contributed by atoms with E-state index in [-0.39, 0.29) is 17.6 Å². The SMILES string of the molecule is O=C(Oc1cc(F)cc(F)c1)C1CCCC1. The minimum Gasteiger partial charge on any atom is -0.426 e. The molecular formula is C12H12F2O2. The van der Waals surface area contributed by atoms with E-state index in [0.29, 0.717) is 0 Å². The van der Waals surface area contributed by atoms with E-state index in [2.05, 4.69) is 0 Å². The van der Waals surface area contributed by atoms with Crippen LogP contribution in [0.2, 0.25) is 0 Å². The highest BCUT2D eigenvalue weighted by atomic mass is 19.1. The van der Waals surface area contributed by atoms with Gasteiger partial charge in [0.2, 0.25) is 0 Å². The third-order valence-corrected chi connectivity index (χ3v) is 2.74. The standard InChI is InChI=1S/C12H12F2O2/c13-9-5-10(14)7-11(6-9)16-12(15)8-3-1-2-4-8/h5-8H,1-4H2. The first-order chi connectivity index (χ1) is 7.65. The molecule has 2 rings (SSSR count). The van der Waals surface area contributed by atoms with E-state index >= 15 is 0 Å². The Balaban J connectivity index is 2.05. The van der Waals surface area contributed by atoms with E-state index in [0.717, 1.165) is 43.9 Å². The van der Waals surface area contributed by atoms with Gasteiger partial charge in [0.05, 0.1) is 5.92 Å². The molecule has 1 aromatic rings. The smallest absolute Gasteiger partial charge is 0.314 e. The molecule has 0 heterocycles. The predicted octanol–water partition coefficient (Wildman–Crippen LogP) is 3.06. The molecule has 0 atom stereocenters. The van der Waals surface area contributed by atoms with Crippen LogP contribution in [0.25, 0.3) is 0 Å². The van der Waals surface area contributed by atoms with Crippen LogP contribution in [0.1, 0.15) is 25.7 Å². The number of rotatable bonds is 2. The van der Waals surface area contributed by atoms with Crippen molar-refractivity contribution in [2.24, 2.45) is 5.92 Å². The van der Waals surface area contributed by atoms with Crippen LogP contribution in [0.5, 0.6) is 5.75 Å². The molecule has 0 unspecified atom stereocenters. The second-order valence-electron chi connectivity index (χ2n) is 4.01. The van der Waals surface area contributed by atoms with Gasteiger partial charge in [0.25, 0.3) is 0 Å². The topological polar surface area (TPSA) is 26.3 Å². The Morgan fingerprint density at radius 3 is 2.25 bits per heavy atom. The fourth-order valence-corrected chi connectivity index (χ4v) is 1.95. The summed E-state index contributed by atoms with van der Waals surface area (Å²) < 4.78 is 30.6. The second-order valence-corrected chi connectivity index (χ2v) is 4.01. The minimum atomic E-state index is -0.741. The molecule has 0 spiro atoms. The maximum Gasteiger partial charge on any atom is 0.314 e. The molecule has 1 aliphatic rings. The van der Waals surface area contributed by atoms with Gasteiger partial charge in [-0.3, -0.25) is 4.79 Å². The average Bonchev–Trinajstić information content (AvgIpc) is 2.68. The zero-order chi connectivity index (χ0) is 11.5. The summed E-state index contributed by atoms with van der Waals surface area (Å²) >= 11 is 0. The molecule has 0 aromatic heterocycles. The third-order valence-electron chi connectivity index (χ3n) is 2.74. The van der Waals surface area contributed by atoms with Crippen LogP contribution in [0.15, 0.2) is 18.2 Å². The first-order valence-electron chi connectivity index (χ1n) is 5.33. The van der Waals surface area contributed by atoms with Gasteiger partial charge in [-0.05, 0) is 12.8 Å². The van der Waals surface area contributed by atoms with Crippen LogP contribution in [0.3, 0.4) is 0 Å². The Hall–Kier alpha value is -1.45. The van der Waals surface area contributed by atoms with Gasteiger partial charge in [-0.25, -0.2) is 8.78 Å². The lowest BCUT2D eigenvalue weighted by atomic mass is 10.1. The summed E-state index contributed by atoms with van der Waals surface area (Å²) in [5.41, 5.74) is 0. The number of esters is 1. The largest absolute Gasteiger partial charge is 0.426 e. The number of hydrogen-bond acceptors (Lipinski definition) is 2. The van der Waals surface area contributed by atoms with Gasteiger partial charge < -0.3 is 4.74 Å². The first-order valence-corrected chi connectivity index (χ1v) is 5.33. The summed E-state index contributed by atoms with van der Waals surface area (Å²) in [6.45, 7) is 0. The molecule has 1 fully saturated rings. The predicted molar refractivity (Wildman–Crippen MR) is 54.0 cm³/mol. The first kappa shape index (κ1) is 11.0. The van der Waals surface area contributed by atoms with Gasteiger partial charge in [0.15, 0.2) is 0 Å². The fraction of sp³-hybridized carbons (Fsp3) is 0.417. The number of carbonyl (C=O) groups is 1. The molecule has 16 heavy (non-hydrogen) atoms. The van der Waals surface area contributed by atoms with Crippen LogP contribution in [0.4, 0.5) is 8.78 Å². The van der Waals surface area contributed by atoms with Gasteiger partial charge >= 0.3 is 5.97 Å². The van der Waals surface area contributed by atoms with E-state index in [1.807, 2.05) is 0 Å². The van der Waals surface area contributed by atoms with Crippen molar-refractivity contribution in [1.29, 1.82) is 0 Å². The van der Waals surface area contributed by atoms with Gasteiger partial charge in [-0.1, -0.05) is 12.8 Å². The van der Waals surface area contributed by atoms with E-state index < -0.39 is 11.6 Å².